The lowest BCUT2D eigenvalue weighted by Crippen LogP contribution is -2.35. The van der Waals surface area contributed by atoms with E-state index in [0.29, 0.717) is 17.8 Å². The highest BCUT2D eigenvalue weighted by atomic mass is 32.2. The number of aromatic nitrogens is 2. The quantitative estimate of drug-likeness (QED) is 0.626. The van der Waals surface area contributed by atoms with Gasteiger partial charge in [0.05, 0.1) is 34.1 Å². The number of carbonyl (C=O) groups is 2. The van der Waals surface area contributed by atoms with Gasteiger partial charge in [-0.15, -0.1) is 0 Å². The summed E-state index contributed by atoms with van der Waals surface area (Å²) in [5.41, 5.74) is 2.17. The standard InChI is InChI=1S/C18H21N3O4S/c1-12-16(13(2)21(20-12)15-6-4-3-5-7-15)17(22)18(23)19-10-14-8-9-26(24,25)11-14/h3-7,14H,8-11H2,1-2H3,(H,19,23). The second-order valence-corrected chi connectivity index (χ2v) is 8.83. The zero-order chi connectivity index (χ0) is 18.9. The molecule has 1 saturated heterocycles. The second-order valence-electron chi connectivity index (χ2n) is 6.60. The van der Waals surface area contributed by atoms with Gasteiger partial charge in [-0.3, -0.25) is 9.59 Å². The van der Waals surface area contributed by atoms with E-state index in [4.69, 9.17) is 0 Å². The smallest absolute Gasteiger partial charge is 0.292 e. The van der Waals surface area contributed by atoms with Gasteiger partial charge < -0.3 is 5.32 Å². The minimum Gasteiger partial charge on any atom is -0.349 e. The van der Waals surface area contributed by atoms with Crippen molar-refractivity contribution in [2.24, 2.45) is 5.92 Å². The molecule has 2 aromatic rings. The molecular weight excluding hydrogens is 354 g/mol. The number of ketones is 1. The number of para-hydroxylation sites is 1. The summed E-state index contributed by atoms with van der Waals surface area (Å²) in [6, 6.07) is 9.37. The van der Waals surface area contributed by atoms with Crippen LogP contribution >= 0.6 is 0 Å². The number of Topliss-reactive ketones (excluding diaryl/α,β-unsaturated/α-hetero) is 1. The van der Waals surface area contributed by atoms with Crippen molar-refractivity contribution in [3.8, 4) is 5.69 Å². The molecule has 1 aromatic carbocycles. The Hall–Kier alpha value is -2.48. The molecule has 1 aliphatic heterocycles. The molecule has 1 N–H and O–H groups in total. The van der Waals surface area contributed by atoms with E-state index in [1.54, 1.807) is 18.5 Å². The number of benzene rings is 1. The topological polar surface area (TPSA) is 98.1 Å². The molecule has 2 heterocycles. The SMILES string of the molecule is Cc1nn(-c2ccccc2)c(C)c1C(=O)C(=O)NCC1CCS(=O)(=O)C1. The van der Waals surface area contributed by atoms with E-state index >= 15 is 0 Å². The number of sulfone groups is 1. The van der Waals surface area contributed by atoms with Gasteiger partial charge in [-0.2, -0.15) is 5.10 Å². The molecule has 1 aliphatic rings. The Bertz CT molecular complexity index is 948. The fraction of sp³-hybridized carbons (Fsp3) is 0.389. The van der Waals surface area contributed by atoms with Gasteiger partial charge in [-0.1, -0.05) is 18.2 Å². The molecule has 26 heavy (non-hydrogen) atoms. The molecule has 1 atom stereocenters. The van der Waals surface area contributed by atoms with E-state index in [9.17, 15) is 18.0 Å². The highest BCUT2D eigenvalue weighted by Crippen LogP contribution is 2.19. The first-order valence-electron chi connectivity index (χ1n) is 8.43. The third kappa shape index (κ3) is 3.70. The van der Waals surface area contributed by atoms with Gasteiger partial charge in [0, 0.05) is 6.54 Å². The van der Waals surface area contributed by atoms with Crippen LogP contribution in [0.2, 0.25) is 0 Å². The predicted octanol–water partition coefficient (Wildman–Crippen LogP) is 1.22. The lowest BCUT2D eigenvalue weighted by Gasteiger charge is -2.09. The fourth-order valence-corrected chi connectivity index (χ4v) is 5.12. The summed E-state index contributed by atoms with van der Waals surface area (Å²) in [5, 5.41) is 6.95. The Labute approximate surface area is 152 Å². The number of hydrogen-bond donors (Lipinski definition) is 1. The minimum absolute atomic E-state index is 0.0610. The number of rotatable bonds is 5. The molecule has 138 valence electrons. The van der Waals surface area contributed by atoms with Crippen LogP contribution < -0.4 is 5.32 Å². The van der Waals surface area contributed by atoms with Gasteiger partial charge in [0.1, 0.15) is 0 Å². The van der Waals surface area contributed by atoms with E-state index in [1.165, 1.54) is 0 Å². The van der Waals surface area contributed by atoms with Crippen molar-refractivity contribution in [2.45, 2.75) is 20.3 Å². The summed E-state index contributed by atoms with van der Waals surface area (Å²) in [6.07, 6.45) is 0.515. The van der Waals surface area contributed by atoms with Crippen LogP contribution in [0.25, 0.3) is 5.69 Å². The number of carbonyl (C=O) groups excluding carboxylic acids is 2. The van der Waals surface area contributed by atoms with Crippen molar-refractivity contribution in [2.75, 3.05) is 18.1 Å². The predicted molar refractivity (Wildman–Crippen MR) is 97.1 cm³/mol. The Morgan fingerprint density at radius 2 is 1.92 bits per heavy atom. The molecule has 3 rings (SSSR count). The molecule has 0 radical (unpaired) electrons. The number of aryl methyl sites for hydroxylation is 1. The van der Waals surface area contributed by atoms with Crippen molar-refractivity contribution in [1.29, 1.82) is 0 Å². The first-order chi connectivity index (χ1) is 12.3. The first-order valence-corrected chi connectivity index (χ1v) is 10.3. The molecule has 1 unspecified atom stereocenters. The van der Waals surface area contributed by atoms with Crippen molar-refractivity contribution in [1.82, 2.24) is 15.1 Å². The Morgan fingerprint density at radius 3 is 2.54 bits per heavy atom. The van der Waals surface area contributed by atoms with E-state index < -0.39 is 21.5 Å². The highest BCUT2D eigenvalue weighted by Gasteiger charge is 2.30. The largest absolute Gasteiger partial charge is 0.349 e. The third-order valence-corrected chi connectivity index (χ3v) is 6.44. The molecule has 1 fully saturated rings. The van der Waals surface area contributed by atoms with Gasteiger partial charge in [0.25, 0.3) is 11.7 Å². The van der Waals surface area contributed by atoms with Crippen LogP contribution in [0, 0.1) is 19.8 Å². The number of nitrogens with one attached hydrogen (secondary N) is 1. The van der Waals surface area contributed by atoms with Crippen LogP contribution in [-0.2, 0) is 14.6 Å². The average Bonchev–Trinajstić information content (AvgIpc) is 3.11. The maximum absolute atomic E-state index is 12.6. The van der Waals surface area contributed by atoms with E-state index in [1.807, 2.05) is 30.3 Å². The first kappa shape index (κ1) is 18.3. The number of nitrogens with zero attached hydrogens (tertiary/aromatic N) is 2. The molecule has 0 spiro atoms. The van der Waals surface area contributed by atoms with E-state index in [2.05, 4.69) is 10.4 Å². The molecule has 0 bridgehead atoms. The number of amides is 1. The van der Waals surface area contributed by atoms with Crippen LogP contribution in [0.3, 0.4) is 0 Å². The summed E-state index contributed by atoms with van der Waals surface area (Å²) < 4.78 is 24.6. The summed E-state index contributed by atoms with van der Waals surface area (Å²) in [6.45, 7) is 3.63. The summed E-state index contributed by atoms with van der Waals surface area (Å²) in [5.74, 6) is -1.31. The lowest BCUT2D eigenvalue weighted by atomic mass is 10.1. The number of hydrogen-bond acceptors (Lipinski definition) is 5. The van der Waals surface area contributed by atoms with Gasteiger partial charge in [-0.05, 0) is 38.3 Å². The van der Waals surface area contributed by atoms with Crippen molar-refractivity contribution >= 4 is 21.5 Å². The molecule has 8 heteroatoms. The summed E-state index contributed by atoms with van der Waals surface area (Å²) >= 11 is 0. The average molecular weight is 375 g/mol. The van der Waals surface area contributed by atoms with Gasteiger partial charge in [0.15, 0.2) is 9.84 Å². The molecule has 0 aliphatic carbocycles. The van der Waals surface area contributed by atoms with Crippen molar-refractivity contribution in [3.63, 3.8) is 0 Å². The van der Waals surface area contributed by atoms with Crippen LogP contribution in [-0.4, -0.2) is 47.9 Å². The van der Waals surface area contributed by atoms with Gasteiger partial charge in [0.2, 0.25) is 0 Å². The van der Waals surface area contributed by atoms with Crippen molar-refractivity contribution in [3.05, 3.63) is 47.3 Å². The zero-order valence-corrected chi connectivity index (χ0v) is 15.5. The van der Waals surface area contributed by atoms with Gasteiger partial charge >= 0.3 is 0 Å². The molecule has 1 aromatic heterocycles. The Kier molecular flexibility index (Phi) is 4.95. The van der Waals surface area contributed by atoms with Gasteiger partial charge in [-0.25, -0.2) is 13.1 Å². The van der Waals surface area contributed by atoms with Crippen LogP contribution in [0.4, 0.5) is 0 Å². The maximum Gasteiger partial charge on any atom is 0.292 e. The Balaban J connectivity index is 1.73. The van der Waals surface area contributed by atoms with Crippen LogP contribution in [0.15, 0.2) is 30.3 Å². The monoisotopic (exact) mass is 375 g/mol. The van der Waals surface area contributed by atoms with E-state index in [-0.39, 0.29) is 29.5 Å². The Morgan fingerprint density at radius 1 is 1.23 bits per heavy atom. The van der Waals surface area contributed by atoms with Crippen LogP contribution in [0.1, 0.15) is 28.2 Å². The van der Waals surface area contributed by atoms with Crippen molar-refractivity contribution < 1.29 is 18.0 Å². The summed E-state index contributed by atoms with van der Waals surface area (Å²) in [7, 11) is -3.01. The molecule has 7 nitrogen and oxygen atoms in total. The molecular formula is C18H21N3O4S. The lowest BCUT2D eigenvalue weighted by molar-refractivity contribution is -0.117. The van der Waals surface area contributed by atoms with E-state index in [0.717, 1.165) is 5.69 Å². The minimum atomic E-state index is -3.01. The molecule has 1 amide bonds. The second kappa shape index (κ2) is 7.03. The summed E-state index contributed by atoms with van der Waals surface area (Å²) in [4.78, 5) is 24.8. The third-order valence-electron chi connectivity index (χ3n) is 4.60. The molecule has 0 saturated carbocycles. The fourth-order valence-electron chi connectivity index (χ4n) is 3.26. The normalized spacial score (nSPS) is 18.6. The maximum atomic E-state index is 12.6. The van der Waals surface area contributed by atoms with Crippen LogP contribution in [0.5, 0.6) is 0 Å². The zero-order valence-electron chi connectivity index (χ0n) is 14.7. The highest BCUT2D eigenvalue weighted by molar-refractivity contribution is 7.91.